The number of rotatable bonds is 2. The smallest absolute Gasteiger partial charge is 0.235 e. The van der Waals surface area contributed by atoms with Crippen molar-refractivity contribution >= 4 is 11.0 Å². The first-order valence-corrected chi connectivity index (χ1v) is 4.77. The first-order chi connectivity index (χ1) is 7.20. The fourth-order valence-corrected chi connectivity index (χ4v) is 1.37. The molecule has 0 N–H and O–H groups in total. The summed E-state index contributed by atoms with van der Waals surface area (Å²) in [6, 6.07) is 4.33. The molecule has 2 aromatic rings. The van der Waals surface area contributed by atoms with Crippen molar-refractivity contribution in [2.45, 2.75) is 13.8 Å². The van der Waals surface area contributed by atoms with Crippen LogP contribution in [0.5, 0.6) is 5.88 Å². The van der Waals surface area contributed by atoms with E-state index in [9.17, 15) is 4.39 Å². The SMILES string of the molecule is CCOc1nc2cc(F)ccc2nc1C. The zero-order valence-corrected chi connectivity index (χ0v) is 8.62. The molecule has 15 heavy (non-hydrogen) atoms. The van der Waals surface area contributed by atoms with Gasteiger partial charge in [0.15, 0.2) is 0 Å². The Labute approximate surface area is 86.9 Å². The highest BCUT2D eigenvalue weighted by atomic mass is 19.1. The summed E-state index contributed by atoms with van der Waals surface area (Å²) in [5, 5.41) is 0. The van der Waals surface area contributed by atoms with Gasteiger partial charge in [0.2, 0.25) is 5.88 Å². The second kappa shape index (κ2) is 3.81. The summed E-state index contributed by atoms with van der Waals surface area (Å²) in [6.07, 6.45) is 0. The Bertz CT molecular complexity index is 499. The third-order valence-corrected chi connectivity index (χ3v) is 2.04. The topological polar surface area (TPSA) is 35.0 Å². The van der Waals surface area contributed by atoms with Crippen LogP contribution in [0.1, 0.15) is 12.6 Å². The number of benzene rings is 1. The van der Waals surface area contributed by atoms with Crippen molar-refractivity contribution in [1.29, 1.82) is 0 Å². The molecule has 1 aromatic carbocycles. The van der Waals surface area contributed by atoms with Crippen molar-refractivity contribution in [3.05, 3.63) is 29.7 Å². The highest BCUT2D eigenvalue weighted by Crippen LogP contribution is 2.18. The number of hydrogen-bond acceptors (Lipinski definition) is 3. The largest absolute Gasteiger partial charge is 0.477 e. The lowest BCUT2D eigenvalue weighted by Gasteiger charge is -2.06. The number of ether oxygens (including phenoxy) is 1. The van der Waals surface area contributed by atoms with E-state index in [1.807, 2.05) is 13.8 Å². The maximum Gasteiger partial charge on any atom is 0.235 e. The summed E-state index contributed by atoms with van der Waals surface area (Å²) in [7, 11) is 0. The molecule has 0 unspecified atom stereocenters. The van der Waals surface area contributed by atoms with Crippen molar-refractivity contribution in [2.75, 3.05) is 6.61 Å². The number of aromatic nitrogens is 2. The molecule has 4 heteroatoms. The van der Waals surface area contributed by atoms with E-state index in [-0.39, 0.29) is 5.82 Å². The Morgan fingerprint density at radius 2 is 2.07 bits per heavy atom. The predicted molar refractivity (Wildman–Crippen MR) is 55.4 cm³/mol. The van der Waals surface area contributed by atoms with Gasteiger partial charge in [0, 0.05) is 6.07 Å². The zero-order valence-electron chi connectivity index (χ0n) is 8.62. The molecule has 0 atom stereocenters. The third-order valence-electron chi connectivity index (χ3n) is 2.04. The van der Waals surface area contributed by atoms with Gasteiger partial charge in [-0.3, -0.25) is 0 Å². The number of hydrogen-bond donors (Lipinski definition) is 0. The van der Waals surface area contributed by atoms with E-state index in [0.717, 1.165) is 5.69 Å². The number of aryl methyl sites for hydroxylation is 1. The van der Waals surface area contributed by atoms with Crippen LogP contribution in [0.25, 0.3) is 11.0 Å². The second-order valence-electron chi connectivity index (χ2n) is 3.18. The molecule has 1 heterocycles. The van der Waals surface area contributed by atoms with Crippen LogP contribution in [0.4, 0.5) is 4.39 Å². The molecule has 78 valence electrons. The van der Waals surface area contributed by atoms with Gasteiger partial charge in [0.25, 0.3) is 0 Å². The Morgan fingerprint density at radius 1 is 1.27 bits per heavy atom. The van der Waals surface area contributed by atoms with Gasteiger partial charge in [-0.1, -0.05) is 0 Å². The highest BCUT2D eigenvalue weighted by molar-refractivity contribution is 5.74. The quantitative estimate of drug-likeness (QED) is 0.757. The number of fused-ring (bicyclic) bond motifs is 1. The fraction of sp³-hybridized carbons (Fsp3) is 0.273. The lowest BCUT2D eigenvalue weighted by molar-refractivity contribution is 0.324. The lowest BCUT2D eigenvalue weighted by Crippen LogP contribution is -1.99. The van der Waals surface area contributed by atoms with Crippen LogP contribution in [0, 0.1) is 12.7 Å². The van der Waals surface area contributed by atoms with E-state index in [0.29, 0.717) is 23.5 Å². The van der Waals surface area contributed by atoms with Crippen LogP contribution in [0.2, 0.25) is 0 Å². The minimum absolute atomic E-state index is 0.317. The summed E-state index contributed by atoms with van der Waals surface area (Å²) in [5.41, 5.74) is 1.91. The molecule has 0 spiro atoms. The minimum atomic E-state index is -0.317. The molecular weight excluding hydrogens is 195 g/mol. The average Bonchev–Trinajstić information content (AvgIpc) is 2.20. The van der Waals surface area contributed by atoms with Gasteiger partial charge in [0.1, 0.15) is 11.5 Å². The molecule has 2 rings (SSSR count). The highest BCUT2D eigenvalue weighted by Gasteiger charge is 2.06. The van der Waals surface area contributed by atoms with Gasteiger partial charge < -0.3 is 4.74 Å². The number of nitrogens with zero attached hydrogens (tertiary/aromatic N) is 2. The van der Waals surface area contributed by atoms with Crippen molar-refractivity contribution in [2.24, 2.45) is 0 Å². The van der Waals surface area contributed by atoms with E-state index in [1.165, 1.54) is 12.1 Å². The lowest BCUT2D eigenvalue weighted by atomic mass is 10.3. The van der Waals surface area contributed by atoms with Crippen LogP contribution in [0.15, 0.2) is 18.2 Å². The van der Waals surface area contributed by atoms with Crippen LogP contribution in [0.3, 0.4) is 0 Å². The Balaban J connectivity index is 2.61. The van der Waals surface area contributed by atoms with Gasteiger partial charge in [-0.15, -0.1) is 0 Å². The molecule has 0 bridgehead atoms. The molecule has 0 aliphatic rings. The van der Waals surface area contributed by atoms with Crippen molar-refractivity contribution in [1.82, 2.24) is 9.97 Å². The summed E-state index contributed by atoms with van der Waals surface area (Å²) in [4.78, 5) is 8.48. The van der Waals surface area contributed by atoms with Crippen LogP contribution < -0.4 is 4.74 Å². The average molecular weight is 206 g/mol. The van der Waals surface area contributed by atoms with Crippen LogP contribution in [-0.2, 0) is 0 Å². The van der Waals surface area contributed by atoms with Gasteiger partial charge in [-0.05, 0) is 26.0 Å². The summed E-state index contributed by atoms with van der Waals surface area (Å²) in [5.74, 6) is 0.152. The molecule has 0 amide bonds. The van der Waals surface area contributed by atoms with Crippen molar-refractivity contribution in [3.8, 4) is 5.88 Å². The Morgan fingerprint density at radius 3 is 2.80 bits per heavy atom. The molecule has 0 saturated heterocycles. The molecule has 0 fully saturated rings. The maximum atomic E-state index is 12.9. The second-order valence-corrected chi connectivity index (χ2v) is 3.18. The third kappa shape index (κ3) is 1.88. The maximum absolute atomic E-state index is 12.9. The normalized spacial score (nSPS) is 10.6. The van der Waals surface area contributed by atoms with Gasteiger partial charge >= 0.3 is 0 Å². The predicted octanol–water partition coefficient (Wildman–Crippen LogP) is 2.48. The van der Waals surface area contributed by atoms with E-state index < -0.39 is 0 Å². The number of halogens is 1. The summed E-state index contributed by atoms with van der Waals surface area (Å²) >= 11 is 0. The fourth-order valence-electron chi connectivity index (χ4n) is 1.37. The van der Waals surface area contributed by atoms with Crippen molar-refractivity contribution in [3.63, 3.8) is 0 Å². The zero-order chi connectivity index (χ0) is 10.8. The first kappa shape index (κ1) is 9.83. The molecular formula is C11H11FN2O. The molecule has 3 nitrogen and oxygen atoms in total. The van der Waals surface area contributed by atoms with Crippen LogP contribution >= 0.6 is 0 Å². The van der Waals surface area contributed by atoms with Crippen LogP contribution in [-0.4, -0.2) is 16.6 Å². The van der Waals surface area contributed by atoms with Gasteiger partial charge in [-0.25, -0.2) is 14.4 Å². The van der Waals surface area contributed by atoms with Gasteiger partial charge in [0.05, 0.1) is 17.6 Å². The molecule has 0 aliphatic carbocycles. The first-order valence-electron chi connectivity index (χ1n) is 4.77. The van der Waals surface area contributed by atoms with E-state index >= 15 is 0 Å². The Hall–Kier alpha value is -1.71. The Kier molecular flexibility index (Phi) is 2.49. The molecule has 1 aromatic heterocycles. The van der Waals surface area contributed by atoms with E-state index in [1.54, 1.807) is 6.07 Å². The minimum Gasteiger partial charge on any atom is -0.477 e. The van der Waals surface area contributed by atoms with E-state index in [4.69, 9.17) is 4.74 Å². The van der Waals surface area contributed by atoms with E-state index in [2.05, 4.69) is 9.97 Å². The van der Waals surface area contributed by atoms with Gasteiger partial charge in [-0.2, -0.15) is 0 Å². The van der Waals surface area contributed by atoms with Crippen molar-refractivity contribution < 1.29 is 9.13 Å². The summed E-state index contributed by atoms with van der Waals surface area (Å²) in [6.45, 7) is 4.22. The molecule has 0 saturated carbocycles. The summed E-state index contributed by atoms with van der Waals surface area (Å²) < 4.78 is 18.2. The molecule has 0 radical (unpaired) electrons. The standard InChI is InChI=1S/C11H11FN2O/c1-3-15-11-7(2)13-9-5-4-8(12)6-10(9)14-11/h4-6H,3H2,1-2H3. The monoisotopic (exact) mass is 206 g/mol. The molecule has 0 aliphatic heterocycles.